The van der Waals surface area contributed by atoms with Crippen molar-refractivity contribution >= 4 is 5.78 Å². The van der Waals surface area contributed by atoms with Crippen LogP contribution in [0.1, 0.15) is 32.1 Å². The van der Waals surface area contributed by atoms with Gasteiger partial charge in [-0.1, -0.05) is 0 Å². The van der Waals surface area contributed by atoms with Crippen molar-refractivity contribution in [2.75, 3.05) is 13.2 Å². The summed E-state index contributed by atoms with van der Waals surface area (Å²) >= 11 is 0. The summed E-state index contributed by atoms with van der Waals surface area (Å²) in [4.78, 5) is 12.0. The molecule has 1 heterocycles. The lowest BCUT2D eigenvalue weighted by Gasteiger charge is -2.26. The van der Waals surface area contributed by atoms with Crippen LogP contribution in [0.3, 0.4) is 0 Å². The number of allylic oxidation sites excluding steroid dienone is 1. The molecule has 0 aromatic heterocycles. The SMILES string of the molecule is NCC1CCC(C(=O)C2=CCCO2)CC1. The summed E-state index contributed by atoms with van der Waals surface area (Å²) < 4.78 is 5.31. The van der Waals surface area contributed by atoms with Crippen LogP contribution in [0.25, 0.3) is 0 Å². The second kappa shape index (κ2) is 4.79. The number of hydrogen-bond donors (Lipinski definition) is 1. The van der Waals surface area contributed by atoms with Crippen molar-refractivity contribution in [1.82, 2.24) is 0 Å². The molecule has 0 spiro atoms. The summed E-state index contributed by atoms with van der Waals surface area (Å²) in [5.74, 6) is 1.67. The largest absolute Gasteiger partial charge is 0.490 e. The van der Waals surface area contributed by atoms with Crippen molar-refractivity contribution in [3.63, 3.8) is 0 Å². The maximum absolute atomic E-state index is 12.0. The zero-order chi connectivity index (χ0) is 10.7. The van der Waals surface area contributed by atoms with Gasteiger partial charge < -0.3 is 10.5 Å². The molecule has 1 saturated carbocycles. The molecular weight excluding hydrogens is 190 g/mol. The van der Waals surface area contributed by atoms with Gasteiger partial charge in [-0.05, 0) is 44.2 Å². The fourth-order valence-corrected chi connectivity index (χ4v) is 2.45. The van der Waals surface area contributed by atoms with E-state index in [-0.39, 0.29) is 11.7 Å². The van der Waals surface area contributed by atoms with Crippen LogP contribution in [0.2, 0.25) is 0 Å². The first-order valence-electron chi connectivity index (χ1n) is 5.88. The Bertz CT molecular complexity index is 265. The lowest BCUT2D eigenvalue weighted by Crippen LogP contribution is -2.26. The molecule has 2 N–H and O–H groups in total. The van der Waals surface area contributed by atoms with E-state index in [1.807, 2.05) is 6.08 Å². The van der Waals surface area contributed by atoms with Crippen LogP contribution < -0.4 is 5.73 Å². The molecule has 1 fully saturated rings. The smallest absolute Gasteiger partial charge is 0.200 e. The topological polar surface area (TPSA) is 52.3 Å². The van der Waals surface area contributed by atoms with Gasteiger partial charge in [-0.2, -0.15) is 0 Å². The highest BCUT2D eigenvalue weighted by Crippen LogP contribution is 2.31. The number of ketones is 1. The van der Waals surface area contributed by atoms with Crippen LogP contribution in [0.4, 0.5) is 0 Å². The summed E-state index contributed by atoms with van der Waals surface area (Å²) in [6.07, 6.45) is 6.99. The highest BCUT2D eigenvalue weighted by Gasteiger charge is 2.29. The Kier molecular flexibility index (Phi) is 3.41. The minimum atomic E-state index is 0.192. The van der Waals surface area contributed by atoms with Gasteiger partial charge in [0.2, 0.25) is 0 Å². The van der Waals surface area contributed by atoms with E-state index in [0.717, 1.165) is 38.6 Å². The van der Waals surface area contributed by atoms with Gasteiger partial charge in [-0.25, -0.2) is 0 Å². The van der Waals surface area contributed by atoms with Crippen molar-refractivity contribution in [3.8, 4) is 0 Å². The molecule has 0 aromatic carbocycles. The number of hydrogen-bond acceptors (Lipinski definition) is 3. The second-order valence-corrected chi connectivity index (χ2v) is 4.52. The molecule has 0 unspecified atom stereocenters. The van der Waals surface area contributed by atoms with Crippen LogP contribution in [-0.4, -0.2) is 18.9 Å². The summed E-state index contributed by atoms with van der Waals surface area (Å²) in [7, 11) is 0. The van der Waals surface area contributed by atoms with Gasteiger partial charge in [0.15, 0.2) is 11.5 Å². The molecule has 15 heavy (non-hydrogen) atoms. The first-order valence-corrected chi connectivity index (χ1v) is 5.88. The minimum Gasteiger partial charge on any atom is -0.490 e. The predicted molar refractivity (Wildman–Crippen MR) is 58.2 cm³/mol. The van der Waals surface area contributed by atoms with Crippen molar-refractivity contribution in [2.45, 2.75) is 32.1 Å². The minimum absolute atomic E-state index is 0.192. The van der Waals surface area contributed by atoms with Crippen LogP contribution in [0, 0.1) is 11.8 Å². The normalized spacial score (nSPS) is 30.9. The summed E-state index contributed by atoms with van der Waals surface area (Å²) in [5, 5.41) is 0. The molecule has 1 aliphatic carbocycles. The molecule has 3 nitrogen and oxygen atoms in total. The molecule has 2 aliphatic rings. The van der Waals surface area contributed by atoms with Gasteiger partial charge in [0.1, 0.15) is 0 Å². The van der Waals surface area contributed by atoms with Crippen molar-refractivity contribution < 1.29 is 9.53 Å². The fraction of sp³-hybridized carbons (Fsp3) is 0.750. The van der Waals surface area contributed by atoms with E-state index in [1.54, 1.807) is 0 Å². The van der Waals surface area contributed by atoms with E-state index in [2.05, 4.69) is 0 Å². The highest BCUT2D eigenvalue weighted by atomic mass is 16.5. The van der Waals surface area contributed by atoms with E-state index >= 15 is 0 Å². The second-order valence-electron chi connectivity index (χ2n) is 4.52. The maximum Gasteiger partial charge on any atom is 0.200 e. The van der Waals surface area contributed by atoms with Gasteiger partial charge in [0, 0.05) is 12.3 Å². The molecule has 0 amide bonds. The molecule has 0 aromatic rings. The quantitative estimate of drug-likeness (QED) is 0.768. The third kappa shape index (κ3) is 2.40. The number of nitrogens with two attached hydrogens (primary N) is 1. The first-order chi connectivity index (χ1) is 7.31. The van der Waals surface area contributed by atoms with E-state index in [0.29, 0.717) is 18.3 Å². The molecule has 84 valence electrons. The molecule has 1 aliphatic heterocycles. The summed E-state index contributed by atoms with van der Waals surface area (Å²) in [6, 6.07) is 0. The molecular formula is C12H19NO2. The molecule has 0 saturated heterocycles. The Morgan fingerprint density at radius 1 is 1.40 bits per heavy atom. The zero-order valence-electron chi connectivity index (χ0n) is 9.08. The van der Waals surface area contributed by atoms with Crippen molar-refractivity contribution in [3.05, 3.63) is 11.8 Å². The number of ether oxygens (including phenoxy) is 1. The van der Waals surface area contributed by atoms with Gasteiger partial charge in [-0.15, -0.1) is 0 Å². The Hall–Kier alpha value is -0.830. The summed E-state index contributed by atoms with van der Waals surface area (Å²) in [5.41, 5.74) is 5.63. The lowest BCUT2D eigenvalue weighted by molar-refractivity contribution is -0.123. The average Bonchev–Trinajstić information content (AvgIpc) is 2.82. The molecule has 0 atom stereocenters. The van der Waals surface area contributed by atoms with E-state index < -0.39 is 0 Å². The number of rotatable bonds is 3. The number of Topliss-reactive ketones (excluding diaryl/α,β-unsaturated/α-hetero) is 1. The fourth-order valence-electron chi connectivity index (χ4n) is 2.45. The third-order valence-corrected chi connectivity index (χ3v) is 3.50. The van der Waals surface area contributed by atoms with Crippen molar-refractivity contribution in [1.29, 1.82) is 0 Å². The summed E-state index contributed by atoms with van der Waals surface area (Å²) in [6.45, 7) is 1.44. The van der Waals surface area contributed by atoms with E-state index in [9.17, 15) is 4.79 Å². The Labute approximate surface area is 90.7 Å². The Morgan fingerprint density at radius 3 is 2.67 bits per heavy atom. The van der Waals surface area contributed by atoms with Crippen LogP contribution in [0.5, 0.6) is 0 Å². The van der Waals surface area contributed by atoms with Crippen LogP contribution in [-0.2, 0) is 9.53 Å². The van der Waals surface area contributed by atoms with Gasteiger partial charge >= 0.3 is 0 Å². The zero-order valence-corrected chi connectivity index (χ0v) is 9.08. The Balaban J connectivity index is 1.87. The lowest BCUT2D eigenvalue weighted by atomic mass is 9.79. The molecule has 0 radical (unpaired) electrons. The molecule has 0 bridgehead atoms. The third-order valence-electron chi connectivity index (χ3n) is 3.50. The predicted octanol–water partition coefficient (Wildman–Crippen LogP) is 1.62. The van der Waals surface area contributed by atoms with Gasteiger partial charge in [0.25, 0.3) is 0 Å². The molecule has 3 heteroatoms. The van der Waals surface area contributed by atoms with E-state index in [4.69, 9.17) is 10.5 Å². The monoisotopic (exact) mass is 209 g/mol. The number of carbonyl (C=O) groups excluding carboxylic acids is 1. The Morgan fingerprint density at radius 2 is 2.13 bits per heavy atom. The molecule has 2 rings (SSSR count). The first kappa shape index (κ1) is 10.7. The number of carbonyl (C=O) groups is 1. The van der Waals surface area contributed by atoms with E-state index in [1.165, 1.54) is 0 Å². The average molecular weight is 209 g/mol. The maximum atomic E-state index is 12.0. The highest BCUT2D eigenvalue weighted by molar-refractivity contribution is 5.95. The van der Waals surface area contributed by atoms with Gasteiger partial charge in [-0.3, -0.25) is 4.79 Å². The van der Waals surface area contributed by atoms with Crippen molar-refractivity contribution in [2.24, 2.45) is 17.6 Å². The van der Waals surface area contributed by atoms with Gasteiger partial charge in [0.05, 0.1) is 6.61 Å². The standard InChI is InChI=1S/C12H19NO2/c13-8-9-3-5-10(6-4-9)12(14)11-2-1-7-15-11/h2,9-10H,1,3-8,13H2. The van der Waals surface area contributed by atoms with Crippen LogP contribution >= 0.6 is 0 Å². The van der Waals surface area contributed by atoms with Crippen LogP contribution in [0.15, 0.2) is 11.8 Å².